The van der Waals surface area contributed by atoms with Crippen LogP contribution in [0.2, 0.25) is 0 Å². The minimum absolute atomic E-state index is 0.111. The fourth-order valence-corrected chi connectivity index (χ4v) is 4.82. The van der Waals surface area contributed by atoms with Crippen LogP contribution in [0.5, 0.6) is 5.75 Å². The van der Waals surface area contributed by atoms with Crippen LogP contribution in [-0.4, -0.2) is 33.5 Å². The molecule has 0 radical (unpaired) electrons. The van der Waals surface area contributed by atoms with Crippen molar-refractivity contribution in [1.29, 1.82) is 0 Å². The number of hydrogen-bond acceptors (Lipinski definition) is 5. The topological polar surface area (TPSA) is 88.6 Å². The molecule has 1 fully saturated rings. The molecule has 2 aromatic carbocycles. The Labute approximate surface area is 216 Å². The van der Waals surface area contributed by atoms with Crippen molar-refractivity contribution in [2.24, 2.45) is 0 Å². The maximum atomic E-state index is 12.9. The van der Waals surface area contributed by atoms with Crippen molar-refractivity contribution in [3.63, 3.8) is 0 Å². The van der Waals surface area contributed by atoms with Gasteiger partial charge in [0.1, 0.15) is 24.2 Å². The molecular weight excluding hydrogens is 466 g/mol. The van der Waals surface area contributed by atoms with Gasteiger partial charge in [-0.05, 0) is 59.7 Å². The standard InChI is InChI=1S/C30H29N3O4/c1-20-2-11-28(29(35)32-20)33-18-24-16-21(8-10-27(24)30(33)36)7-9-25(34)17-22-3-5-23(6-4-22)19-37-26-12-14-31-15-13-26/h3-6,8,10,12-16,28H,1-2,7,9,11,17-19H2,(H,32,35). The molecule has 2 amide bonds. The summed E-state index contributed by atoms with van der Waals surface area (Å²) in [5.41, 5.74) is 5.28. The number of nitrogens with one attached hydrogen (secondary N) is 1. The molecule has 0 spiro atoms. The zero-order valence-electron chi connectivity index (χ0n) is 20.6. The predicted octanol–water partition coefficient (Wildman–Crippen LogP) is 4.15. The number of rotatable bonds is 9. The van der Waals surface area contributed by atoms with E-state index in [0.29, 0.717) is 56.5 Å². The lowest BCUT2D eigenvalue weighted by atomic mass is 9.99. The number of aryl methyl sites for hydroxylation is 1. The Morgan fingerprint density at radius 3 is 2.51 bits per heavy atom. The molecular formula is C30H29N3O4. The summed E-state index contributed by atoms with van der Waals surface area (Å²) in [7, 11) is 0. The normalized spacial score (nSPS) is 16.9. The summed E-state index contributed by atoms with van der Waals surface area (Å²) in [4.78, 5) is 43.5. The number of Topliss-reactive ketones (excluding diaryl/α,β-unsaturated/α-hetero) is 1. The average Bonchev–Trinajstić information content (AvgIpc) is 3.23. The lowest BCUT2D eigenvalue weighted by Crippen LogP contribution is -2.49. The minimum Gasteiger partial charge on any atom is -0.489 e. The third-order valence-electron chi connectivity index (χ3n) is 6.87. The Balaban J connectivity index is 1.12. The summed E-state index contributed by atoms with van der Waals surface area (Å²) >= 11 is 0. The molecule has 0 bridgehead atoms. The van der Waals surface area contributed by atoms with Crippen LogP contribution >= 0.6 is 0 Å². The highest BCUT2D eigenvalue weighted by Crippen LogP contribution is 2.29. The summed E-state index contributed by atoms with van der Waals surface area (Å²) < 4.78 is 5.74. The zero-order valence-corrected chi connectivity index (χ0v) is 20.6. The van der Waals surface area contributed by atoms with Gasteiger partial charge in [-0.2, -0.15) is 0 Å². The highest BCUT2D eigenvalue weighted by Gasteiger charge is 2.38. The summed E-state index contributed by atoms with van der Waals surface area (Å²) in [5.74, 6) is 0.652. The number of piperidine rings is 1. The molecule has 2 aliphatic rings. The van der Waals surface area contributed by atoms with E-state index in [1.807, 2.05) is 54.6 Å². The van der Waals surface area contributed by atoms with Crippen molar-refractivity contribution in [3.8, 4) is 5.75 Å². The van der Waals surface area contributed by atoms with Gasteiger partial charge in [-0.3, -0.25) is 19.4 Å². The number of aromatic nitrogens is 1. The Morgan fingerprint density at radius 1 is 1.03 bits per heavy atom. The molecule has 3 heterocycles. The lowest BCUT2D eigenvalue weighted by Gasteiger charge is -2.30. The fraction of sp³-hybridized carbons (Fsp3) is 0.267. The van der Waals surface area contributed by atoms with Gasteiger partial charge in [0.05, 0.1) is 0 Å². The van der Waals surface area contributed by atoms with E-state index in [-0.39, 0.29) is 17.6 Å². The molecule has 37 heavy (non-hydrogen) atoms. The molecule has 1 saturated heterocycles. The smallest absolute Gasteiger partial charge is 0.255 e. The average molecular weight is 496 g/mol. The van der Waals surface area contributed by atoms with Crippen LogP contribution in [0.3, 0.4) is 0 Å². The van der Waals surface area contributed by atoms with E-state index in [1.54, 1.807) is 17.3 Å². The van der Waals surface area contributed by atoms with Crippen LogP contribution in [0.1, 0.15) is 51.9 Å². The second-order valence-electron chi connectivity index (χ2n) is 9.58. The molecule has 5 rings (SSSR count). The van der Waals surface area contributed by atoms with Crippen LogP contribution in [0.4, 0.5) is 0 Å². The van der Waals surface area contributed by atoms with Crippen LogP contribution in [-0.2, 0) is 35.6 Å². The number of fused-ring (bicyclic) bond motifs is 1. The predicted molar refractivity (Wildman–Crippen MR) is 139 cm³/mol. The molecule has 3 aromatic rings. The number of ketones is 1. The maximum absolute atomic E-state index is 12.9. The zero-order chi connectivity index (χ0) is 25.8. The molecule has 2 aliphatic heterocycles. The third kappa shape index (κ3) is 5.77. The van der Waals surface area contributed by atoms with Gasteiger partial charge >= 0.3 is 0 Å². The van der Waals surface area contributed by atoms with Gasteiger partial charge in [-0.1, -0.05) is 43.0 Å². The van der Waals surface area contributed by atoms with Crippen LogP contribution in [0.25, 0.3) is 0 Å². The second kappa shape index (κ2) is 10.8. The second-order valence-corrected chi connectivity index (χ2v) is 9.58. The molecule has 1 atom stereocenters. The van der Waals surface area contributed by atoms with E-state index in [4.69, 9.17) is 4.74 Å². The number of nitrogens with zero attached hydrogens (tertiary/aromatic N) is 2. The first-order valence-corrected chi connectivity index (χ1v) is 12.5. The molecule has 7 heteroatoms. The molecule has 1 aromatic heterocycles. The number of hydrogen-bond donors (Lipinski definition) is 1. The van der Waals surface area contributed by atoms with E-state index in [0.717, 1.165) is 28.0 Å². The number of amides is 2. The molecule has 188 valence electrons. The minimum atomic E-state index is -0.469. The molecule has 0 aliphatic carbocycles. The highest BCUT2D eigenvalue weighted by atomic mass is 16.5. The lowest BCUT2D eigenvalue weighted by molar-refractivity contribution is -0.126. The molecule has 1 unspecified atom stereocenters. The van der Waals surface area contributed by atoms with E-state index in [2.05, 4.69) is 16.9 Å². The van der Waals surface area contributed by atoms with Gasteiger partial charge in [0.2, 0.25) is 5.91 Å². The monoisotopic (exact) mass is 495 g/mol. The van der Waals surface area contributed by atoms with Gasteiger partial charge in [0.25, 0.3) is 5.91 Å². The summed E-state index contributed by atoms with van der Waals surface area (Å²) in [6.45, 7) is 4.68. The Kier molecular flexibility index (Phi) is 7.12. The van der Waals surface area contributed by atoms with E-state index in [9.17, 15) is 14.4 Å². The maximum Gasteiger partial charge on any atom is 0.255 e. The third-order valence-corrected chi connectivity index (χ3v) is 6.87. The number of carbonyl (C=O) groups is 3. The fourth-order valence-electron chi connectivity index (χ4n) is 4.82. The van der Waals surface area contributed by atoms with Crippen LogP contribution < -0.4 is 10.1 Å². The van der Waals surface area contributed by atoms with E-state index >= 15 is 0 Å². The Hall–Kier alpha value is -4.26. The first-order valence-electron chi connectivity index (χ1n) is 12.5. The Morgan fingerprint density at radius 2 is 1.76 bits per heavy atom. The van der Waals surface area contributed by atoms with Gasteiger partial charge in [0.15, 0.2) is 0 Å². The number of ether oxygens (including phenoxy) is 1. The van der Waals surface area contributed by atoms with Crippen molar-refractivity contribution >= 4 is 17.6 Å². The number of carbonyl (C=O) groups excluding carboxylic acids is 3. The van der Waals surface area contributed by atoms with Crippen molar-refractivity contribution in [2.45, 2.75) is 51.3 Å². The quantitative estimate of drug-likeness (QED) is 0.482. The van der Waals surface area contributed by atoms with Gasteiger partial charge in [0, 0.05) is 43.0 Å². The van der Waals surface area contributed by atoms with Gasteiger partial charge < -0.3 is 15.0 Å². The Bertz CT molecular complexity index is 1330. The first-order chi connectivity index (χ1) is 18.0. The number of allylic oxidation sites excluding steroid dienone is 1. The number of benzene rings is 2. The van der Waals surface area contributed by atoms with Crippen molar-refractivity contribution in [3.05, 3.63) is 107 Å². The molecule has 7 nitrogen and oxygen atoms in total. The molecule has 1 N–H and O–H groups in total. The van der Waals surface area contributed by atoms with Crippen LogP contribution in [0, 0.1) is 0 Å². The van der Waals surface area contributed by atoms with Gasteiger partial charge in [-0.25, -0.2) is 0 Å². The summed E-state index contributed by atoms with van der Waals surface area (Å²) in [5, 5.41) is 2.76. The highest BCUT2D eigenvalue weighted by molar-refractivity contribution is 6.01. The van der Waals surface area contributed by atoms with E-state index < -0.39 is 6.04 Å². The summed E-state index contributed by atoms with van der Waals surface area (Å²) in [6, 6.07) is 16.8. The molecule has 0 saturated carbocycles. The van der Waals surface area contributed by atoms with Crippen molar-refractivity contribution < 1.29 is 19.1 Å². The van der Waals surface area contributed by atoms with Gasteiger partial charge in [-0.15, -0.1) is 0 Å². The first kappa shape index (κ1) is 24.4. The number of pyridine rings is 1. The summed E-state index contributed by atoms with van der Waals surface area (Å²) in [6.07, 6.45) is 6.06. The van der Waals surface area contributed by atoms with E-state index in [1.165, 1.54) is 0 Å². The largest absolute Gasteiger partial charge is 0.489 e. The van der Waals surface area contributed by atoms with Crippen molar-refractivity contribution in [1.82, 2.24) is 15.2 Å². The SMILES string of the molecule is C=C1CCC(N2Cc3cc(CCC(=O)Cc4ccc(COc5ccncc5)cc4)ccc3C2=O)C(=O)N1. The van der Waals surface area contributed by atoms with Crippen LogP contribution in [0.15, 0.2) is 79.3 Å². The van der Waals surface area contributed by atoms with Crippen molar-refractivity contribution in [2.75, 3.05) is 0 Å².